The van der Waals surface area contributed by atoms with Gasteiger partial charge in [-0.25, -0.2) is 0 Å². The van der Waals surface area contributed by atoms with E-state index in [2.05, 4.69) is 13.8 Å². The zero-order valence-electron chi connectivity index (χ0n) is 18.1. The number of hydrogen-bond donors (Lipinski definition) is 0. The van der Waals surface area contributed by atoms with Gasteiger partial charge in [-0.05, 0) is 18.8 Å². The molecule has 7 heteroatoms. The molecular weight excluding hydrogens is 384 g/mol. The summed E-state index contributed by atoms with van der Waals surface area (Å²) >= 11 is 5.63. The first-order valence-corrected chi connectivity index (χ1v) is 11.4. The Balaban J connectivity index is 3.00. The van der Waals surface area contributed by atoms with E-state index in [0.29, 0.717) is 72.0 Å². The number of ether oxygens (including phenoxy) is 6. The van der Waals surface area contributed by atoms with Crippen molar-refractivity contribution >= 4 is 11.6 Å². The van der Waals surface area contributed by atoms with E-state index in [1.807, 2.05) is 0 Å². The summed E-state index contributed by atoms with van der Waals surface area (Å²) in [6.07, 6.45) is 5.70. The highest BCUT2D eigenvalue weighted by Gasteiger charge is 1.98. The van der Waals surface area contributed by atoms with Crippen molar-refractivity contribution < 1.29 is 28.4 Å². The molecular formula is C21H43ClO6. The second kappa shape index (κ2) is 25.1. The largest absolute Gasteiger partial charge is 0.379 e. The number of alkyl halides is 1. The normalized spacial score (nSPS) is 12.5. The minimum Gasteiger partial charge on any atom is -0.379 e. The molecule has 6 nitrogen and oxygen atoms in total. The van der Waals surface area contributed by atoms with Crippen molar-refractivity contribution in [1.82, 2.24) is 0 Å². The maximum Gasteiger partial charge on any atom is 0.0701 e. The first kappa shape index (κ1) is 28.1. The molecule has 0 N–H and O–H groups in total. The predicted octanol–water partition coefficient (Wildman–Crippen LogP) is 3.93. The fraction of sp³-hybridized carbons (Fsp3) is 1.00. The molecule has 0 aliphatic rings. The van der Waals surface area contributed by atoms with Gasteiger partial charge in [-0.3, -0.25) is 0 Å². The van der Waals surface area contributed by atoms with E-state index in [4.69, 9.17) is 40.0 Å². The number of rotatable bonds is 24. The molecule has 0 amide bonds. The van der Waals surface area contributed by atoms with Gasteiger partial charge in [0.15, 0.2) is 0 Å². The Morgan fingerprint density at radius 3 is 1.36 bits per heavy atom. The van der Waals surface area contributed by atoms with Crippen LogP contribution in [0, 0.1) is 5.92 Å². The van der Waals surface area contributed by atoms with E-state index >= 15 is 0 Å². The lowest BCUT2D eigenvalue weighted by atomic mass is 10.1. The third-order valence-corrected chi connectivity index (χ3v) is 4.40. The van der Waals surface area contributed by atoms with Crippen LogP contribution in [-0.2, 0) is 28.4 Å². The van der Waals surface area contributed by atoms with Crippen LogP contribution in [0.25, 0.3) is 0 Å². The van der Waals surface area contributed by atoms with Crippen LogP contribution in [0.15, 0.2) is 0 Å². The minimum atomic E-state index is 0.570. The number of hydrogen-bond acceptors (Lipinski definition) is 6. The summed E-state index contributed by atoms with van der Waals surface area (Å²) in [5, 5.41) is 0. The number of unbranched alkanes of at least 4 members (excludes halogenated alkanes) is 3. The first-order chi connectivity index (χ1) is 13.8. The Hall–Kier alpha value is 0.0500. The highest BCUT2D eigenvalue weighted by atomic mass is 35.5. The molecule has 0 bridgehead atoms. The van der Waals surface area contributed by atoms with Gasteiger partial charge in [-0.2, -0.15) is 0 Å². The molecule has 0 spiro atoms. The van der Waals surface area contributed by atoms with E-state index in [1.54, 1.807) is 0 Å². The summed E-state index contributed by atoms with van der Waals surface area (Å²) in [6.45, 7) is 11.9. The van der Waals surface area contributed by atoms with Gasteiger partial charge >= 0.3 is 0 Å². The van der Waals surface area contributed by atoms with Gasteiger partial charge < -0.3 is 28.4 Å². The standard InChI is InChI=1S/C21H43ClO6/c1-3-21(2)20-28-19-18-27-17-16-26-15-14-25-13-12-24-11-10-23-9-7-5-4-6-8-22/h21H,3-20H2,1-2H3. The second-order valence-electron chi connectivity index (χ2n) is 6.75. The third kappa shape index (κ3) is 24.1. The van der Waals surface area contributed by atoms with Crippen molar-refractivity contribution in [1.29, 1.82) is 0 Å². The molecule has 0 aromatic rings. The third-order valence-electron chi connectivity index (χ3n) is 4.13. The Kier molecular flexibility index (Phi) is 25.1. The average Bonchev–Trinajstić information content (AvgIpc) is 2.71. The second-order valence-corrected chi connectivity index (χ2v) is 7.13. The van der Waals surface area contributed by atoms with Crippen molar-refractivity contribution in [3.8, 4) is 0 Å². The lowest BCUT2D eigenvalue weighted by molar-refractivity contribution is -0.0182. The maximum absolute atomic E-state index is 5.63. The van der Waals surface area contributed by atoms with Crippen molar-refractivity contribution in [2.75, 3.05) is 85.2 Å². The average molecular weight is 427 g/mol. The smallest absolute Gasteiger partial charge is 0.0701 e. The maximum atomic E-state index is 5.63. The fourth-order valence-electron chi connectivity index (χ4n) is 2.15. The fourth-order valence-corrected chi connectivity index (χ4v) is 2.34. The summed E-state index contributed by atoms with van der Waals surface area (Å²) < 4.78 is 32.8. The van der Waals surface area contributed by atoms with Crippen molar-refractivity contribution in [3.63, 3.8) is 0 Å². The lowest BCUT2D eigenvalue weighted by Crippen LogP contribution is -2.14. The van der Waals surface area contributed by atoms with E-state index < -0.39 is 0 Å². The molecule has 28 heavy (non-hydrogen) atoms. The van der Waals surface area contributed by atoms with E-state index in [1.165, 1.54) is 12.8 Å². The van der Waals surface area contributed by atoms with Gasteiger partial charge in [-0.1, -0.05) is 33.1 Å². The van der Waals surface area contributed by atoms with Gasteiger partial charge in [0, 0.05) is 19.1 Å². The summed E-state index contributed by atoms with van der Waals surface area (Å²) in [7, 11) is 0. The molecule has 1 atom stereocenters. The van der Waals surface area contributed by atoms with E-state index in [-0.39, 0.29) is 0 Å². The lowest BCUT2D eigenvalue weighted by Gasteiger charge is -2.10. The molecule has 0 aromatic heterocycles. The van der Waals surface area contributed by atoms with Crippen molar-refractivity contribution in [3.05, 3.63) is 0 Å². The van der Waals surface area contributed by atoms with Gasteiger partial charge in [0.1, 0.15) is 0 Å². The topological polar surface area (TPSA) is 55.4 Å². The summed E-state index contributed by atoms with van der Waals surface area (Å²) in [6, 6.07) is 0. The predicted molar refractivity (Wildman–Crippen MR) is 114 cm³/mol. The van der Waals surface area contributed by atoms with Crippen molar-refractivity contribution in [2.24, 2.45) is 5.92 Å². The van der Waals surface area contributed by atoms with Crippen LogP contribution in [-0.4, -0.2) is 85.2 Å². The van der Waals surface area contributed by atoms with Crippen molar-refractivity contribution in [2.45, 2.75) is 46.0 Å². The molecule has 0 aromatic carbocycles. The Bertz CT molecular complexity index is 284. The Morgan fingerprint density at radius 1 is 0.536 bits per heavy atom. The molecule has 0 fully saturated rings. The molecule has 170 valence electrons. The molecule has 0 saturated carbocycles. The van der Waals surface area contributed by atoms with Crippen LogP contribution in [0.2, 0.25) is 0 Å². The summed E-state index contributed by atoms with van der Waals surface area (Å²) in [5.74, 6) is 1.37. The van der Waals surface area contributed by atoms with Gasteiger partial charge in [0.05, 0.1) is 66.1 Å². The Labute approximate surface area is 177 Å². The molecule has 0 saturated heterocycles. The van der Waals surface area contributed by atoms with E-state index in [0.717, 1.165) is 38.4 Å². The van der Waals surface area contributed by atoms with Gasteiger partial charge in [0.2, 0.25) is 0 Å². The highest BCUT2D eigenvalue weighted by Crippen LogP contribution is 2.01. The summed E-state index contributed by atoms with van der Waals surface area (Å²) in [5.41, 5.74) is 0. The zero-order chi connectivity index (χ0) is 20.5. The Morgan fingerprint density at radius 2 is 0.929 bits per heavy atom. The molecule has 0 heterocycles. The van der Waals surface area contributed by atoms with Crippen LogP contribution in [0.5, 0.6) is 0 Å². The highest BCUT2D eigenvalue weighted by molar-refractivity contribution is 6.17. The van der Waals surface area contributed by atoms with Crippen LogP contribution < -0.4 is 0 Å². The molecule has 0 radical (unpaired) electrons. The van der Waals surface area contributed by atoms with Crippen LogP contribution in [0.4, 0.5) is 0 Å². The number of halogens is 1. The molecule has 1 unspecified atom stereocenters. The monoisotopic (exact) mass is 426 g/mol. The molecule has 0 aliphatic carbocycles. The van der Waals surface area contributed by atoms with Crippen LogP contribution in [0.1, 0.15) is 46.0 Å². The molecule has 0 rings (SSSR count). The SMILES string of the molecule is CCC(C)COCCOCCOCCOCCOCCOCCCCCCCl. The van der Waals surface area contributed by atoms with Crippen LogP contribution >= 0.6 is 11.6 Å². The van der Waals surface area contributed by atoms with Crippen LogP contribution in [0.3, 0.4) is 0 Å². The quantitative estimate of drug-likeness (QED) is 0.172. The van der Waals surface area contributed by atoms with E-state index in [9.17, 15) is 0 Å². The van der Waals surface area contributed by atoms with Gasteiger partial charge in [0.25, 0.3) is 0 Å². The minimum absolute atomic E-state index is 0.570. The zero-order valence-corrected chi connectivity index (χ0v) is 18.9. The first-order valence-electron chi connectivity index (χ1n) is 10.8. The summed E-state index contributed by atoms with van der Waals surface area (Å²) in [4.78, 5) is 0. The molecule has 0 aliphatic heterocycles. The van der Waals surface area contributed by atoms with Gasteiger partial charge in [-0.15, -0.1) is 11.6 Å².